The van der Waals surface area contributed by atoms with Crippen molar-refractivity contribution in [2.24, 2.45) is 0 Å². The van der Waals surface area contributed by atoms with Gasteiger partial charge >= 0.3 is 0 Å². The predicted molar refractivity (Wildman–Crippen MR) is 112 cm³/mol. The van der Waals surface area contributed by atoms with Crippen molar-refractivity contribution in [1.29, 1.82) is 0 Å². The van der Waals surface area contributed by atoms with Crippen LogP contribution in [-0.2, 0) is 0 Å². The number of piperidine rings is 1. The number of benzene rings is 1. The van der Waals surface area contributed by atoms with Crippen molar-refractivity contribution in [3.05, 3.63) is 53.3 Å². The minimum atomic E-state index is -0.279. The quantitative estimate of drug-likeness (QED) is 0.658. The third kappa shape index (κ3) is 3.53. The maximum atomic E-state index is 13.5. The minimum Gasteiger partial charge on any atom is -0.443 e. The van der Waals surface area contributed by atoms with Crippen LogP contribution >= 0.6 is 0 Å². The number of anilines is 1. The van der Waals surface area contributed by atoms with Gasteiger partial charge in [-0.2, -0.15) is 4.98 Å². The molecule has 1 aliphatic carbocycles. The van der Waals surface area contributed by atoms with E-state index in [9.17, 15) is 9.18 Å². The van der Waals surface area contributed by atoms with Gasteiger partial charge < -0.3 is 14.6 Å². The predicted octanol–water partition coefficient (Wildman–Crippen LogP) is 5.00. The molecule has 1 aromatic carbocycles. The summed E-state index contributed by atoms with van der Waals surface area (Å²) in [6, 6.07) is 8.19. The first-order valence-electron chi connectivity index (χ1n) is 10.5. The Balaban J connectivity index is 1.51. The number of amides is 1. The van der Waals surface area contributed by atoms with Gasteiger partial charge in [0.15, 0.2) is 0 Å². The van der Waals surface area contributed by atoms with E-state index in [2.05, 4.69) is 22.2 Å². The summed E-state index contributed by atoms with van der Waals surface area (Å²) in [6.07, 6.45) is 4.92. The van der Waals surface area contributed by atoms with Crippen LogP contribution in [0.4, 0.5) is 10.2 Å². The molecule has 1 amide bonds. The van der Waals surface area contributed by atoms with E-state index in [-0.39, 0.29) is 29.1 Å². The summed E-state index contributed by atoms with van der Waals surface area (Å²) in [5.41, 5.74) is 1.37. The number of fused-ring (bicyclic) bond motifs is 1. The van der Waals surface area contributed by atoms with Gasteiger partial charge in [0.2, 0.25) is 11.5 Å². The Morgan fingerprint density at radius 1 is 1.23 bits per heavy atom. The number of likely N-dealkylation sites (tertiary alicyclic amines) is 1. The Bertz CT molecular complexity index is 1100. The molecule has 3 aromatic rings. The number of carbonyl (C=O) groups excluding carboxylic acids is 1. The molecular formula is C23H25FN4O2. The number of halogens is 1. The van der Waals surface area contributed by atoms with Gasteiger partial charge in [-0.25, -0.2) is 9.37 Å². The molecule has 30 heavy (non-hydrogen) atoms. The molecule has 6 nitrogen and oxygen atoms in total. The van der Waals surface area contributed by atoms with E-state index >= 15 is 0 Å². The second-order valence-corrected chi connectivity index (χ2v) is 8.72. The Morgan fingerprint density at radius 2 is 2.00 bits per heavy atom. The molecule has 7 heteroatoms. The molecule has 1 N–H and O–H groups in total. The molecular weight excluding hydrogens is 383 g/mol. The maximum Gasteiger partial charge on any atom is 0.292 e. The van der Waals surface area contributed by atoms with Crippen LogP contribution in [0.25, 0.3) is 11.1 Å². The van der Waals surface area contributed by atoms with E-state index in [1.807, 2.05) is 17.9 Å². The Labute approximate surface area is 174 Å². The van der Waals surface area contributed by atoms with E-state index < -0.39 is 0 Å². The summed E-state index contributed by atoms with van der Waals surface area (Å²) in [4.78, 5) is 24.4. The summed E-state index contributed by atoms with van der Waals surface area (Å²) < 4.78 is 19.1. The van der Waals surface area contributed by atoms with Crippen LogP contribution in [0.3, 0.4) is 0 Å². The lowest BCUT2D eigenvalue weighted by Gasteiger charge is -2.35. The summed E-state index contributed by atoms with van der Waals surface area (Å²) >= 11 is 0. The van der Waals surface area contributed by atoms with Crippen LogP contribution in [0.5, 0.6) is 0 Å². The Hall–Kier alpha value is -2.96. The van der Waals surface area contributed by atoms with E-state index in [1.165, 1.54) is 12.1 Å². The number of furan rings is 1. The second kappa shape index (κ2) is 7.07. The smallest absolute Gasteiger partial charge is 0.292 e. The molecule has 1 atom stereocenters. The third-order valence-electron chi connectivity index (χ3n) is 6.15. The highest BCUT2D eigenvalue weighted by molar-refractivity contribution is 5.95. The zero-order chi connectivity index (χ0) is 20.9. The van der Waals surface area contributed by atoms with Gasteiger partial charge in [0.1, 0.15) is 17.4 Å². The van der Waals surface area contributed by atoms with E-state index in [4.69, 9.17) is 4.42 Å². The standard InChI is InChI=1S/C23H25FN4O2/c1-14-13-17-19(27-23(2)10-11-23)25-20(26-21(17)30-14)22(29)28-12-4-3-5-18(28)15-6-8-16(24)9-7-15/h6-9,13,18H,3-5,10-12H2,1-2H3,(H,25,26,27). The van der Waals surface area contributed by atoms with Gasteiger partial charge in [-0.15, -0.1) is 0 Å². The molecule has 2 aromatic heterocycles. The molecule has 3 heterocycles. The molecule has 2 fully saturated rings. The molecule has 1 unspecified atom stereocenters. The van der Waals surface area contributed by atoms with Crippen molar-refractivity contribution in [2.45, 2.75) is 57.5 Å². The molecule has 1 aliphatic heterocycles. The molecule has 0 spiro atoms. The number of rotatable bonds is 4. The monoisotopic (exact) mass is 408 g/mol. The largest absolute Gasteiger partial charge is 0.443 e. The van der Waals surface area contributed by atoms with Crippen molar-refractivity contribution < 1.29 is 13.6 Å². The molecule has 5 rings (SSSR count). The normalized spacial score (nSPS) is 20.4. The number of aryl methyl sites for hydroxylation is 1. The Kier molecular flexibility index (Phi) is 4.49. The fourth-order valence-electron chi connectivity index (χ4n) is 4.17. The highest BCUT2D eigenvalue weighted by Crippen LogP contribution is 2.40. The van der Waals surface area contributed by atoms with Gasteiger partial charge in [0, 0.05) is 12.1 Å². The van der Waals surface area contributed by atoms with Crippen molar-refractivity contribution in [2.75, 3.05) is 11.9 Å². The summed E-state index contributed by atoms with van der Waals surface area (Å²) in [6.45, 7) is 4.63. The van der Waals surface area contributed by atoms with Crippen LogP contribution in [0.2, 0.25) is 0 Å². The van der Waals surface area contributed by atoms with Crippen LogP contribution in [0.15, 0.2) is 34.7 Å². The molecule has 0 radical (unpaired) electrons. The molecule has 1 saturated carbocycles. The fourth-order valence-corrected chi connectivity index (χ4v) is 4.17. The molecule has 156 valence electrons. The number of nitrogens with zero attached hydrogens (tertiary/aromatic N) is 3. The fraction of sp³-hybridized carbons (Fsp3) is 0.435. The first-order valence-corrected chi connectivity index (χ1v) is 10.5. The number of hydrogen-bond donors (Lipinski definition) is 1. The molecule has 0 bridgehead atoms. The van der Waals surface area contributed by atoms with E-state index in [1.54, 1.807) is 12.1 Å². The number of hydrogen-bond acceptors (Lipinski definition) is 5. The molecule has 1 saturated heterocycles. The van der Waals surface area contributed by atoms with Gasteiger partial charge in [0.05, 0.1) is 11.4 Å². The number of carbonyl (C=O) groups is 1. The van der Waals surface area contributed by atoms with Crippen molar-refractivity contribution in [3.63, 3.8) is 0 Å². The zero-order valence-corrected chi connectivity index (χ0v) is 17.2. The lowest BCUT2D eigenvalue weighted by Crippen LogP contribution is -2.39. The highest BCUT2D eigenvalue weighted by atomic mass is 19.1. The third-order valence-corrected chi connectivity index (χ3v) is 6.15. The Morgan fingerprint density at radius 3 is 2.73 bits per heavy atom. The van der Waals surface area contributed by atoms with Gasteiger partial charge in [0.25, 0.3) is 5.91 Å². The zero-order valence-electron chi connectivity index (χ0n) is 17.2. The first-order chi connectivity index (χ1) is 14.4. The van der Waals surface area contributed by atoms with Gasteiger partial charge in [-0.1, -0.05) is 12.1 Å². The van der Waals surface area contributed by atoms with Gasteiger partial charge in [-0.3, -0.25) is 4.79 Å². The maximum absolute atomic E-state index is 13.5. The van der Waals surface area contributed by atoms with Crippen LogP contribution in [-0.4, -0.2) is 32.9 Å². The average molecular weight is 408 g/mol. The topological polar surface area (TPSA) is 71.3 Å². The van der Waals surface area contributed by atoms with Gasteiger partial charge in [-0.05, 0) is 69.7 Å². The van der Waals surface area contributed by atoms with Crippen molar-refractivity contribution >= 4 is 22.8 Å². The minimum absolute atomic E-state index is 0.00848. The lowest BCUT2D eigenvalue weighted by molar-refractivity contribution is 0.0599. The van der Waals surface area contributed by atoms with E-state index in [0.29, 0.717) is 18.1 Å². The summed E-state index contributed by atoms with van der Waals surface area (Å²) in [5.74, 6) is 1.02. The van der Waals surface area contributed by atoms with Crippen molar-refractivity contribution in [1.82, 2.24) is 14.9 Å². The SMILES string of the molecule is Cc1cc2c(NC3(C)CC3)nc(C(=O)N3CCCCC3c3ccc(F)cc3)nc2o1. The first kappa shape index (κ1) is 19.0. The van der Waals surface area contributed by atoms with Crippen molar-refractivity contribution in [3.8, 4) is 0 Å². The van der Waals surface area contributed by atoms with Crippen LogP contribution in [0.1, 0.15) is 67.0 Å². The summed E-state index contributed by atoms with van der Waals surface area (Å²) in [7, 11) is 0. The van der Waals surface area contributed by atoms with E-state index in [0.717, 1.165) is 48.8 Å². The van der Waals surface area contributed by atoms with Crippen LogP contribution in [0, 0.1) is 12.7 Å². The highest BCUT2D eigenvalue weighted by Gasteiger charge is 2.38. The molecule has 2 aliphatic rings. The summed E-state index contributed by atoms with van der Waals surface area (Å²) in [5, 5.41) is 4.27. The lowest BCUT2D eigenvalue weighted by atomic mass is 9.95. The number of aromatic nitrogens is 2. The average Bonchev–Trinajstić information content (AvgIpc) is 3.33. The second-order valence-electron chi connectivity index (χ2n) is 8.72. The van der Waals surface area contributed by atoms with Crippen LogP contribution < -0.4 is 5.32 Å². The number of nitrogens with one attached hydrogen (secondary N) is 1.